The van der Waals surface area contributed by atoms with E-state index in [-0.39, 0.29) is 17.7 Å². The summed E-state index contributed by atoms with van der Waals surface area (Å²) in [5.41, 5.74) is 3.01. The first-order valence-electron chi connectivity index (χ1n) is 5.59. The lowest BCUT2D eigenvalue weighted by atomic mass is 9.96. The fraction of sp³-hybridized carbons (Fsp3) is 0.700. The van der Waals surface area contributed by atoms with Gasteiger partial charge in [0.15, 0.2) is 5.71 Å². The molecule has 0 radical (unpaired) electrons. The van der Waals surface area contributed by atoms with Crippen LogP contribution in [0.2, 0.25) is 0 Å². The first-order chi connectivity index (χ1) is 8.27. The largest absolute Gasteiger partial charge is 0.461 e. The van der Waals surface area contributed by atoms with Gasteiger partial charge in [-0.1, -0.05) is 5.16 Å². The average Bonchev–Trinajstić information content (AvgIpc) is 2.79. The highest BCUT2D eigenvalue weighted by atomic mass is 16.8. The van der Waals surface area contributed by atoms with Crippen LogP contribution in [0.4, 0.5) is 0 Å². The summed E-state index contributed by atoms with van der Waals surface area (Å²) in [4.78, 5) is 16.8. The Bertz CT molecular complexity index is 355. The lowest BCUT2D eigenvalue weighted by Gasteiger charge is -2.29. The summed E-state index contributed by atoms with van der Waals surface area (Å²) < 4.78 is 10.3. The van der Waals surface area contributed by atoms with Gasteiger partial charge in [0.05, 0.1) is 12.5 Å². The molecule has 17 heavy (non-hydrogen) atoms. The summed E-state index contributed by atoms with van der Waals surface area (Å²) in [5, 5.41) is 7.69. The average molecular weight is 241 g/mol. The van der Waals surface area contributed by atoms with Crippen LogP contribution in [0.15, 0.2) is 10.3 Å². The van der Waals surface area contributed by atoms with E-state index in [4.69, 9.17) is 14.3 Å². The number of carbonyl (C=O) groups is 1. The molecule has 0 saturated carbocycles. The number of ether oxygens (including phenoxy) is 2. The second-order valence-corrected chi connectivity index (χ2v) is 3.59. The molecule has 7 nitrogen and oxygen atoms in total. The van der Waals surface area contributed by atoms with Gasteiger partial charge in [-0.25, -0.2) is 4.79 Å². The summed E-state index contributed by atoms with van der Waals surface area (Å²) in [5.74, 6) is -0.651. The maximum absolute atomic E-state index is 11.6. The highest BCUT2D eigenvalue weighted by molar-refractivity contribution is 6.39. The number of fused-ring (bicyclic) bond motifs is 1. The van der Waals surface area contributed by atoms with Crippen molar-refractivity contribution in [2.45, 2.75) is 26.2 Å². The number of carbonyl (C=O) groups excluding carboxylic acids is 1. The molecular weight excluding hydrogens is 226 g/mol. The molecule has 2 heterocycles. The van der Waals surface area contributed by atoms with Crippen molar-refractivity contribution in [2.75, 3.05) is 13.2 Å². The number of hydrogen-bond donors (Lipinski definition) is 1. The van der Waals surface area contributed by atoms with E-state index in [2.05, 4.69) is 15.7 Å². The molecule has 3 atom stereocenters. The Morgan fingerprint density at radius 2 is 2.35 bits per heavy atom. The third-order valence-corrected chi connectivity index (χ3v) is 2.52. The Kier molecular flexibility index (Phi) is 3.58. The Balaban J connectivity index is 2.12. The highest BCUT2D eigenvalue weighted by Crippen LogP contribution is 2.23. The van der Waals surface area contributed by atoms with Gasteiger partial charge in [0, 0.05) is 12.8 Å². The molecule has 7 heteroatoms. The number of nitrogens with one attached hydrogen (secondary N) is 1. The first-order valence-corrected chi connectivity index (χ1v) is 5.59. The monoisotopic (exact) mass is 241 g/mol. The van der Waals surface area contributed by atoms with Crippen molar-refractivity contribution in [1.82, 2.24) is 5.43 Å². The molecule has 0 fully saturated rings. The van der Waals surface area contributed by atoms with Gasteiger partial charge in [-0.3, -0.25) is 5.43 Å². The standard InChI is InChI=1S/C10H15N3O4/c1-3-15-9(14)8-7-6(5-11-12-7)10(16-4-2)17-13-8/h5-7,10,12H,3-4H2,1-2H3/t6-,7+,10-/m1/s1. The first kappa shape index (κ1) is 11.8. The minimum absolute atomic E-state index is 0.160. The van der Waals surface area contributed by atoms with E-state index in [1.54, 1.807) is 13.1 Å². The zero-order valence-corrected chi connectivity index (χ0v) is 9.75. The van der Waals surface area contributed by atoms with E-state index in [9.17, 15) is 4.79 Å². The number of rotatable bonds is 4. The number of oxime groups is 1. The van der Waals surface area contributed by atoms with Crippen molar-refractivity contribution in [2.24, 2.45) is 16.2 Å². The Morgan fingerprint density at radius 1 is 1.53 bits per heavy atom. The van der Waals surface area contributed by atoms with E-state index in [1.807, 2.05) is 6.92 Å². The topological polar surface area (TPSA) is 81.5 Å². The molecule has 0 amide bonds. The molecule has 0 unspecified atom stereocenters. The van der Waals surface area contributed by atoms with Crippen molar-refractivity contribution in [1.29, 1.82) is 0 Å². The molecule has 0 aromatic heterocycles. The van der Waals surface area contributed by atoms with Crippen LogP contribution in [0.25, 0.3) is 0 Å². The number of esters is 1. The van der Waals surface area contributed by atoms with Gasteiger partial charge in [0.2, 0.25) is 6.29 Å². The fourth-order valence-corrected chi connectivity index (χ4v) is 1.76. The number of hydrazone groups is 1. The van der Waals surface area contributed by atoms with Crippen molar-refractivity contribution in [3.8, 4) is 0 Å². The van der Waals surface area contributed by atoms with Gasteiger partial charge in [0.1, 0.15) is 6.04 Å². The Hall–Kier alpha value is -1.63. The van der Waals surface area contributed by atoms with Crippen LogP contribution in [-0.4, -0.2) is 43.4 Å². The maximum atomic E-state index is 11.6. The minimum Gasteiger partial charge on any atom is -0.461 e. The summed E-state index contributed by atoms with van der Waals surface area (Å²) >= 11 is 0. The van der Waals surface area contributed by atoms with Crippen LogP contribution in [-0.2, 0) is 19.1 Å². The summed E-state index contributed by atoms with van der Waals surface area (Å²) in [6, 6.07) is -0.334. The smallest absolute Gasteiger partial charge is 0.358 e. The van der Waals surface area contributed by atoms with E-state index < -0.39 is 12.3 Å². The number of nitrogens with zero attached hydrogens (tertiary/aromatic N) is 2. The van der Waals surface area contributed by atoms with E-state index in [0.717, 1.165) is 0 Å². The highest BCUT2D eigenvalue weighted by Gasteiger charge is 2.44. The van der Waals surface area contributed by atoms with Gasteiger partial charge in [-0.05, 0) is 13.8 Å². The molecule has 94 valence electrons. The van der Waals surface area contributed by atoms with E-state index >= 15 is 0 Å². The third-order valence-electron chi connectivity index (χ3n) is 2.52. The maximum Gasteiger partial charge on any atom is 0.358 e. The molecule has 2 rings (SSSR count). The van der Waals surface area contributed by atoms with Gasteiger partial charge < -0.3 is 14.3 Å². The normalized spacial score (nSPS) is 30.0. The van der Waals surface area contributed by atoms with Gasteiger partial charge >= 0.3 is 5.97 Å². The molecule has 2 aliphatic rings. The van der Waals surface area contributed by atoms with Crippen molar-refractivity contribution < 1.29 is 19.1 Å². The summed E-state index contributed by atoms with van der Waals surface area (Å²) in [6.07, 6.45) is 1.15. The van der Waals surface area contributed by atoms with Crippen LogP contribution in [0.3, 0.4) is 0 Å². The van der Waals surface area contributed by atoms with Crippen LogP contribution < -0.4 is 5.43 Å². The van der Waals surface area contributed by atoms with Crippen LogP contribution in [0, 0.1) is 5.92 Å². The lowest BCUT2D eigenvalue weighted by molar-refractivity contribution is -0.165. The SMILES string of the molecule is CCOC(=O)C1=NO[C@@H](OCC)[C@@H]2C=NN[C@H]12. The molecule has 1 N–H and O–H groups in total. The van der Waals surface area contributed by atoms with E-state index in [1.165, 1.54) is 0 Å². The Labute approximate surface area is 98.8 Å². The zero-order valence-electron chi connectivity index (χ0n) is 9.75. The van der Waals surface area contributed by atoms with Gasteiger partial charge in [-0.15, -0.1) is 0 Å². The second-order valence-electron chi connectivity index (χ2n) is 3.59. The molecule has 2 aliphatic heterocycles. The predicted octanol–water partition coefficient (Wildman–Crippen LogP) is -0.128. The third kappa shape index (κ3) is 2.23. The Morgan fingerprint density at radius 3 is 3.06 bits per heavy atom. The predicted molar refractivity (Wildman–Crippen MR) is 59.5 cm³/mol. The molecule has 0 aromatic carbocycles. The molecule has 0 spiro atoms. The second kappa shape index (κ2) is 5.13. The van der Waals surface area contributed by atoms with Crippen LogP contribution >= 0.6 is 0 Å². The summed E-state index contributed by atoms with van der Waals surface area (Å²) in [7, 11) is 0. The molecule has 0 aliphatic carbocycles. The van der Waals surface area contributed by atoms with E-state index in [0.29, 0.717) is 13.2 Å². The molecule has 0 aromatic rings. The van der Waals surface area contributed by atoms with Crippen LogP contribution in [0.5, 0.6) is 0 Å². The summed E-state index contributed by atoms with van der Waals surface area (Å²) in [6.45, 7) is 4.40. The molecule has 0 bridgehead atoms. The molecular formula is C10H15N3O4. The molecule has 0 saturated heterocycles. The van der Waals surface area contributed by atoms with Gasteiger partial charge in [0.25, 0.3) is 0 Å². The number of hydrogen-bond acceptors (Lipinski definition) is 7. The van der Waals surface area contributed by atoms with Crippen molar-refractivity contribution in [3.63, 3.8) is 0 Å². The van der Waals surface area contributed by atoms with Gasteiger partial charge in [-0.2, -0.15) is 5.10 Å². The van der Waals surface area contributed by atoms with Crippen molar-refractivity contribution in [3.05, 3.63) is 0 Å². The van der Waals surface area contributed by atoms with Crippen LogP contribution in [0.1, 0.15) is 13.8 Å². The van der Waals surface area contributed by atoms with Crippen molar-refractivity contribution >= 4 is 17.9 Å². The zero-order chi connectivity index (χ0) is 12.3. The minimum atomic E-state index is -0.512. The lowest BCUT2D eigenvalue weighted by Crippen LogP contribution is -2.50. The fourth-order valence-electron chi connectivity index (χ4n) is 1.76. The quantitative estimate of drug-likeness (QED) is 0.693.